The molecule has 3 aliphatic heterocycles. The molecule has 1 unspecified atom stereocenters. The van der Waals surface area contributed by atoms with E-state index < -0.39 is 41.5 Å². The Morgan fingerprint density at radius 1 is 1.05 bits per heavy atom. The molecule has 3 aliphatic rings. The Kier molecular flexibility index (Phi) is 10.3. The molecule has 1 saturated heterocycles. The van der Waals surface area contributed by atoms with Crippen LogP contribution in [0.25, 0.3) is 12.2 Å². The fourth-order valence-corrected chi connectivity index (χ4v) is 4.61. The number of hydrogen-bond donors (Lipinski definition) is 3. The minimum absolute atomic E-state index is 0.220. The van der Waals surface area contributed by atoms with Crippen LogP contribution in [0.5, 0.6) is 0 Å². The van der Waals surface area contributed by atoms with E-state index in [1.165, 1.54) is 5.01 Å². The van der Waals surface area contributed by atoms with Crippen molar-refractivity contribution in [2.45, 2.75) is 85.5 Å². The van der Waals surface area contributed by atoms with E-state index in [1.54, 1.807) is 27.7 Å². The maximum absolute atomic E-state index is 13.3. The number of nitrogens with zero attached hydrogens (tertiary/aromatic N) is 1. The summed E-state index contributed by atoms with van der Waals surface area (Å²) in [7, 11) is 0. The van der Waals surface area contributed by atoms with Crippen LogP contribution in [0.15, 0.2) is 42.5 Å². The zero-order valence-corrected chi connectivity index (χ0v) is 25.2. The quantitative estimate of drug-likeness (QED) is 0.448. The lowest BCUT2D eigenvalue weighted by Crippen LogP contribution is -2.61. The number of fused-ring (bicyclic) bond motifs is 14. The summed E-state index contributed by atoms with van der Waals surface area (Å²) in [4.78, 5) is 52.7. The van der Waals surface area contributed by atoms with Gasteiger partial charge in [0.25, 0.3) is 5.91 Å². The first-order valence-electron chi connectivity index (χ1n) is 14.3. The number of carbonyl (C=O) groups is 4. The third-order valence-corrected chi connectivity index (χ3v) is 7.57. The summed E-state index contributed by atoms with van der Waals surface area (Å²) in [6.07, 6.45) is 8.01. The number of nitrogens with one attached hydrogen (secondary N) is 3. The second-order valence-electron chi connectivity index (χ2n) is 11.9. The first kappa shape index (κ1) is 31.8. The topological polar surface area (TPSA) is 117 Å². The lowest BCUT2D eigenvalue weighted by Gasteiger charge is -2.35. The predicted molar refractivity (Wildman–Crippen MR) is 160 cm³/mol. The number of hydrogen-bond acceptors (Lipinski definition) is 6. The van der Waals surface area contributed by atoms with E-state index in [0.717, 1.165) is 16.7 Å². The maximum atomic E-state index is 13.3. The monoisotopic (exact) mass is 564 g/mol. The molecule has 3 heterocycles. The minimum atomic E-state index is -0.899. The van der Waals surface area contributed by atoms with Gasteiger partial charge in [0.15, 0.2) is 0 Å². The zero-order chi connectivity index (χ0) is 30.5. The number of rotatable bonds is 1. The summed E-state index contributed by atoms with van der Waals surface area (Å²) < 4.78 is 5.67. The van der Waals surface area contributed by atoms with E-state index in [2.05, 4.69) is 22.6 Å². The minimum Gasteiger partial charge on any atom is -0.457 e. The number of ether oxygens (including phenoxy) is 1. The molecule has 0 aliphatic carbocycles. The highest BCUT2D eigenvalue weighted by Gasteiger charge is 2.35. The van der Waals surface area contributed by atoms with Crippen LogP contribution in [0.4, 0.5) is 0 Å². The highest BCUT2D eigenvalue weighted by molar-refractivity contribution is 5.94. The molecular formula is C32H44N4O5. The Hall–Kier alpha value is -3.72. The third-order valence-electron chi connectivity index (χ3n) is 7.57. The number of benzene rings is 1. The molecule has 4 rings (SSSR count). The van der Waals surface area contributed by atoms with Gasteiger partial charge < -0.3 is 15.4 Å². The van der Waals surface area contributed by atoms with Crippen LogP contribution in [0.3, 0.4) is 0 Å². The van der Waals surface area contributed by atoms with Crippen molar-refractivity contribution in [1.82, 2.24) is 21.1 Å². The first-order chi connectivity index (χ1) is 19.2. The molecule has 0 aromatic heterocycles. The van der Waals surface area contributed by atoms with Crippen LogP contribution < -0.4 is 16.1 Å². The second-order valence-corrected chi connectivity index (χ2v) is 11.9. The SMILES string of the molecule is C=C1/C=C\c2ccc(cc2C)/C=C/C(C)(C)C(=O)NC(C(C)C)C(=O)N[C@@H](C)C(=O)N2CCC[C@H](N2)C(=O)O[C@@H]1C. The van der Waals surface area contributed by atoms with Gasteiger partial charge in [-0.05, 0) is 75.6 Å². The van der Waals surface area contributed by atoms with Crippen molar-refractivity contribution in [1.29, 1.82) is 0 Å². The highest BCUT2D eigenvalue weighted by atomic mass is 16.5. The number of carbonyl (C=O) groups excluding carboxylic acids is 4. The second kappa shape index (κ2) is 13.3. The van der Waals surface area contributed by atoms with Crippen molar-refractivity contribution in [2.75, 3.05) is 6.54 Å². The van der Waals surface area contributed by atoms with Crippen molar-refractivity contribution in [3.8, 4) is 0 Å². The highest BCUT2D eigenvalue weighted by Crippen LogP contribution is 2.23. The molecule has 4 atom stereocenters. The van der Waals surface area contributed by atoms with Gasteiger partial charge in [-0.3, -0.25) is 24.2 Å². The normalized spacial score (nSPS) is 28.1. The van der Waals surface area contributed by atoms with Gasteiger partial charge >= 0.3 is 5.97 Å². The molecule has 9 heteroatoms. The molecule has 4 bridgehead atoms. The summed E-state index contributed by atoms with van der Waals surface area (Å²) in [5, 5.41) is 6.98. The molecule has 1 aromatic carbocycles. The Balaban J connectivity index is 1.94. The summed E-state index contributed by atoms with van der Waals surface area (Å²) in [5.41, 5.74) is 5.65. The van der Waals surface area contributed by atoms with Gasteiger partial charge in [-0.1, -0.05) is 62.9 Å². The molecule has 3 amide bonds. The molecule has 0 spiro atoms. The van der Waals surface area contributed by atoms with E-state index >= 15 is 0 Å². The fourth-order valence-electron chi connectivity index (χ4n) is 4.61. The zero-order valence-electron chi connectivity index (χ0n) is 25.2. The molecule has 41 heavy (non-hydrogen) atoms. The van der Waals surface area contributed by atoms with E-state index in [-0.39, 0.29) is 17.7 Å². The fraction of sp³-hybridized carbons (Fsp3) is 0.500. The average molecular weight is 565 g/mol. The molecule has 1 fully saturated rings. The Morgan fingerprint density at radius 3 is 2.41 bits per heavy atom. The van der Waals surface area contributed by atoms with Gasteiger partial charge in [0, 0.05) is 6.54 Å². The molecule has 3 N–H and O–H groups in total. The molecule has 0 saturated carbocycles. The van der Waals surface area contributed by atoms with Gasteiger partial charge in [0.1, 0.15) is 24.2 Å². The van der Waals surface area contributed by atoms with Crippen molar-refractivity contribution < 1.29 is 23.9 Å². The largest absolute Gasteiger partial charge is 0.457 e. The van der Waals surface area contributed by atoms with Crippen LogP contribution in [-0.2, 0) is 23.9 Å². The van der Waals surface area contributed by atoms with Crippen LogP contribution >= 0.6 is 0 Å². The van der Waals surface area contributed by atoms with E-state index in [1.807, 2.05) is 63.3 Å². The number of amides is 3. The van der Waals surface area contributed by atoms with Crippen molar-refractivity contribution >= 4 is 35.8 Å². The van der Waals surface area contributed by atoms with Gasteiger partial charge in [-0.25, -0.2) is 5.43 Å². The Morgan fingerprint density at radius 2 is 1.76 bits per heavy atom. The van der Waals surface area contributed by atoms with E-state index in [0.29, 0.717) is 25.0 Å². The maximum Gasteiger partial charge on any atom is 0.325 e. The summed E-state index contributed by atoms with van der Waals surface area (Å²) in [5.74, 6) is -1.83. The molecule has 1 aromatic rings. The van der Waals surface area contributed by atoms with Gasteiger partial charge in [-0.15, -0.1) is 0 Å². The molecule has 0 radical (unpaired) electrons. The molecular weight excluding hydrogens is 520 g/mol. The van der Waals surface area contributed by atoms with Crippen molar-refractivity contribution in [3.63, 3.8) is 0 Å². The number of aryl methyl sites for hydroxylation is 1. The first-order valence-corrected chi connectivity index (χ1v) is 14.3. The summed E-state index contributed by atoms with van der Waals surface area (Å²) in [6.45, 7) is 17.1. The van der Waals surface area contributed by atoms with E-state index in [4.69, 9.17) is 4.74 Å². The lowest BCUT2D eigenvalue weighted by molar-refractivity contribution is -0.155. The van der Waals surface area contributed by atoms with Crippen LogP contribution in [-0.4, -0.2) is 59.5 Å². The van der Waals surface area contributed by atoms with Gasteiger partial charge in [0.05, 0.1) is 5.41 Å². The van der Waals surface area contributed by atoms with Crippen LogP contribution in [0.1, 0.15) is 71.1 Å². The summed E-state index contributed by atoms with van der Waals surface area (Å²) >= 11 is 0. The average Bonchev–Trinajstić information content (AvgIpc) is 2.92. The number of esters is 1. The summed E-state index contributed by atoms with van der Waals surface area (Å²) in [6, 6.07) is 3.54. The Labute approximate surface area is 243 Å². The number of hydrazine groups is 1. The predicted octanol–water partition coefficient (Wildman–Crippen LogP) is 3.69. The third kappa shape index (κ3) is 8.16. The van der Waals surface area contributed by atoms with Crippen LogP contribution in [0, 0.1) is 18.3 Å². The van der Waals surface area contributed by atoms with Gasteiger partial charge in [0.2, 0.25) is 11.8 Å². The van der Waals surface area contributed by atoms with Crippen molar-refractivity contribution in [2.24, 2.45) is 11.3 Å². The Bertz CT molecular complexity index is 1250. The lowest BCUT2D eigenvalue weighted by atomic mass is 9.89. The van der Waals surface area contributed by atoms with Crippen molar-refractivity contribution in [3.05, 3.63) is 59.2 Å². The van der Waals surface area contributed by atoms with Gasteiger partial charge in [-0.2, -0.15) is 0 Å². The standard InChI is InChI=1S/C32H44N4O5/c1-19(2)27-28(37)33-22(5)29(38)36-17-9-10-26(35-36)30(39)41-23(6)20(3)11-13-25-14-12-24(18-21(25)4)15-16-32(7,8)31(40)34-27/h11-16,18-19,22-23,26-27,35H,3,9-10,17H2,1-2,4-8H3,(H,33,37)(H,34,40)/b13-11-,16-15+/t22-,23+,26-,27?/m0/s1. The smallest absolute Gasteiger partial charge is 0.325 e. The van der Waals surface area contributed by atoms with Crippen LogP contribution in [0.2, 0.25) is 0 Å². The molecule has 222 valence electrons. The van der Waals surface area contributed by atoms with E-state index in [9.17, 15) is 19.2 Å². The molecule has 9 nitrogen and oxygen atoms in total.